The van der Waals surface area contributed by atoms with Gasteiger partial charge in [-0.05, 0) is 23.8 Å². The van der Waals surface area contributed by atoms with Crippen LogP contribution in [0.3, 0.4) is 0 Å². The zero-order chi connectivity index (χ0) is 13.1. The number of rotatable bonds is 4. The molecule has 19 heavy (non-hydrogen) atoms. The lowest BCUT2D eigenvalue weighted by Crippen LogP contribution is -1.99. The molecule has 4 nitrogen and oxygen atoms in total. The van der Waals surface area contributed by atoms with Crippen molar-refractivity contribution in [2.24, 2.45) is 0 Å². The summed E-state index contributed by atoms with van der Waals surface area (Å²) in [6.07, 6.45) is 5.73. The molecule has 0 saturated carbocycles. The van der Waals surface area contributed by atoms with E-state index in [4.69, 9.17) is 0 Å². The van der Waals surface area contributed by atoms with E-state index in [9.17, 15) is 4.39 Å². The third kappa shape index (κ3) is 2.40. The molecule has 0 aliphatic rings. The molecule has 0 atom stereocenters. The van der Waals surface area contributed by atoms with E-state index in [1.165, 1.54) is 0 Å². The lowest BCUT2D eigenvalue weighted by atomic mass is 10.1. The van der Waals surface area contributed by atoms with Crippen LogP contribution in [-0.2, 0) is 6.42 Å². The number of nitrogens with one attached hydrogen (secondary N) is 1. The number of nitrogens with zero attached hydrogens (tertiary/aromatic N) is 3. The van der Waals surface area contributed by atoms with E-state index in [0.29, 0.717) is 12.2 Å². The first kappa shape index (κ1) is 11.6. The minimum absolute atomic E-state index is 0.327. The van der Waals surface area contributed by atoms with E-state index in [1.54, 1.807) is 12.4 Å². The normalized spacial score (nSPS) is 10.8. The average molecular weight is 256 g/mol. The Kier molecular flexibility index (Phi) is 3.10. The number of aromatic nitrogens is 3. The molecule has 0 fully saturated rings. The van der Waals surface area contributed by atoms with Crippen LogP contribution >= 0.6 is 0 Å². The highest BCUT2D eigenvalue weighted by Gasteiger charge is 2.02. The first-order valence-electron chi connectivity index (χ1n) is 6.07. The van der Waals surface area contributed by atoms with Crippen LogP contribution in [0.4, 0.5) is 15.9 Å². The standard InChI is InChI=1S/C14H13FN4/c15-7-5-11-1-3-12(4-2-11)18-13-6-8-16-14-17-9-10-19(13)14/h1-4,6,8-10,18H,5,7H2. The van der Waals surface area contributed by atoms with Crippen molar-refractivity contribution in [3.8, 4) is 0 Å². The summed E-state index contributed by atoms with van der Waals surface area (Å²) in [4.78, 5) is 8.28. The van der Waals surface area contributed by atoms with Gasteiger partial charge in [0.1, 0.15) is 5.82 Å². The second-order valence-corrected chi connectivity index (χ2v) is 4.19. The van der Waals surface area contributed by atoms with Crippen LogP contribution in [0.15, 0.2) is 48.9 Å². The van der Waals surface area contributed by atoms with E-state index in [1.807, 2.05) is 40.9 Å². The lowest BCUT2D eigenvalue weighted by Gasteiger charge is -2.09. The molecule has 3 aromatic rings. The number of imidazole rings is 1. The number of aryl methyl sites for hydroxylation is 1. The van der Waals surface area contributed by atoms with Gasteiger partial charge >= 0.3 is 0 Å². The number of hydrogen-bond acceptors (Lipinski definition) is 3. The zero-order valence-corrected chi connectivity index (χ0v) is 10.3. The largest absolute Gasteiger partial charge is 0.341 e. The summed E-state index contributed by atoms with van der Waals surface area (Å²) >= 11 is 0. The van der Waals surface area contributed by atoms with Crippen LogP contribution in [0.5, 0.6) is 0 Å². The van der Waals surface area contributed by atoms with Crippen molar-refractivity contribution in [3.05, 3.63) is 54.5 Å². The van der Waals surface area contributed by atoms with Gasteiger partial charge in [0.2, 0.25) is 5.78 Å². The second-order valence-electron chi connectivity index (χ2n) is 4.19. The van der Waals surface area contributed by atoms with Crippen LogP contribution in [-0.4, -0.2) is 21.0 Å². The quantitative estimate of drug-likeness (QED) is 0.780. The molecule has 2 aromatic heterocycles. The monoisotopic (exact) mass is 256 g/mol. The van der Waals surface area contributed by atoms with Crippen molar-refractivity contribution in [2.75, 3.05) is 12.0 Å². The Balaban J connectivity index is 1.86. The molecule has 0 radical (unpaired) electrons. The summed E-state index contributed by atoms with van der Waals surface area (Å²) in [6.45, 7) is -0.327. The summed E-state index contributed by atoms with van der Waals surface area (Å²) in [5.74, 6) is 1.54. The first-order chi connectivity index (χ1) is 9.36. The predicted octanol–water partition coefficient (Wildman–Crippen LogP) is 2.98. The van der Waals surface area contributed by atoms with Gasteiger partial charge in [-0.1, -0.05) is 12.1 Å². The fourth-order valence-electron chi connectivity index (χ4n) is 1.95. The van der Waals surface area contributed by atoms with Gasteiger partial charge in [-0.2, -0.15) is 0 Å². The molecule has 0 unspecified atom stereocenters. The maximum Gasteiger partial charge on any atom is 0.235 e. The van der Waals surface area contributed by atoms with Crippen LogP contribution in [0.25, 0.3) is 5.78 Å². The van der Waals surface area contributed by atoms with E-state index >= 15 is 0 Å². The van der Waals surface area contributed by atoms with Crippen LogP contribution in [0, 0.1) is 0 Å². The molecule has 0 aliphatic carbocycles. The fourth-order valence-corrected chi connectivity index (χ4v) is 1.95. The van der Waals surface area contributed by atoms with E-state index in [-0.39, 0.29) is 6.67 Å². The number of fused-ring (bicyclic) bond motifs is 1. The Morgan fingerprint density at radius 2 is 1.84 bits per heavy atom. The van der Waals surface area contributed by atoms with Crippen molar-refractivity contribution in [2.45, 2.75) is 6.42 Å². The molecule has 0 spiro atoms. The third-order valence-electron chi connectivity index (χ3n) is 2.91. The number of alkyl halides is 1. The van der Waals surface area contributed by atoms with Gasteiger partial charge < -0.3 is 5.32 Å². The fraction of sp³-hybridized carbons (Fsp3) is 0.143. The van der Waals surface area contributed by atoms with Crippen LogP contribution in [0.2, 0.25) is 0 Å². The predicted molar refractivity (Wildman–Crippen MR) is 72.4 cm³/mol. The molecular weight excluding hydrogens is 243 g/mol. The molecule has 0 amide bonds. The summed E-state index contributed by atoms with van der Waals surface area (Å²) in [5.41, 5.74) is 1.94. The Morgan fingerprint density at radius 1 is 1.05 bits per heavy atom. The highest BCUT2D eigenvalue weighted by atomic mass is 19.1. The van der Waals surface area contributed by atoms with E-state index < -0.39 is 0 Å². The number of anilines is 2. The van der Waals surface area contributed by atoms with Gasteiger partial charge in [0.25, 0.3) is 0 Å². The van der Waals surface area contributed by atoms with Crippen LogP contribution in [0.1, 0.15) is 5.56 Å². The van der Waals surface area contributed by atoms with Gasteiger partial charge in [-0.25, -0.2) is 9.97 Å². The summed E-state index contributed by atoms with van der Waals surface area (Å²) < 4.78 is 14.1. The molecule has 96 valence electrons. The number of hydrogen-bond donors (Lipinski definition) is 1. The van der Waals surface area contributed by atoms with Crippen molar-refractivity contribution in [3.63, 3.8) is 0 Å². The molecule has 1 N–H and O–H groups in total. The van der Waals surface area contributed by atoms with Gasteiger partial charge in [-0.3, -0.25) is 8.79 Å². The Bertz CT molecular complexity index is 675. The average Bonchev–Trinajstić information content (AvgIpc) is 2.91. The molecule has 0 aliphatic heterocycles. The number of halogens is 1. The van der Waals surface area contributed by atoms with Gasteiger partial charge in [0.05, 0.1) is 6.67 Å². The highest BCUT2D eigenvalue weighted by molar-refractivity contribution is 5.58. The number of benzene rings is 1. The third-order valence-corrected chi connectivity index (χ3v) is 2.91. The minimum atomic E-state index is -0.327. The molecule has 2 heterocycles. The lowest BCUT2D eigenvalue weighted by molar-refractivity contribution is 0.495. The van der Waals surface area contributed by atoms with E-state index in [0.717, 1.165) is 17.1 Å². The first-order valence-corrected chi connectivity index (χ1v) is 6.07. The van der Waals surface area contributed by atoms with Crippen LogP contribution < -0.4 is 5.32 Å². The van der Waals surface area contributed by atoms with E-state index in [2.05, 4.69) is 15.3 Å². The smallest absolute Gasteiger partial charge is 0.235 e. The van der Waals surface area contributed by atoms with Gasteiger partial charge in [0.15, 0.2) is 0 Å². The second kappa shape index (κ2) is 5.06. The minimum Gasteiger partial charge on any atom is -0.341 e. The molecule has 3 rings (SSSR count). The van der Waals surface area contributed by atoms with Crippen molar-refractivity contribution in [1.82, 2.24) is 14.4 Å². The Morgan fingerprint density at radius 3 is 2.63 bits per heavy atom. The highest BCUT2D eigenvalue weighted by Crippen LogP contribution is 2.17. The molecule has 5 heteroatoms. The maximum atomic E-state index is 12.2. The van der Waals surface area contributed by atoms with Crippen molar-refractivity contribution < 1.29 is 4.39 Å². The summed E-state index contributed by atoms with van der Waals surface area (Å²) in [6, 6.07) is 9.61. The maximum absolute atomic E-state index is 12.2. The summed E-state index contributed by atoms with van der Waals surface area (Å²) in [5, 5.41) is 3.29. The summed E-state index contributed by atoms with van der Waals surface area (Å²) in [7, 11) is 0. The Labute approximate surface area is 109 Å². The van der Waals surface area contributed by atoms with Crippen molar-refractivity contribution >= 4 is 17.3 Å². The molecule has 1 aromatic carbocycles. The SMILES string of the molecule is FCCc1ccc(Nc2ccnc3nccn23)cc1. The molecule has 0 bridgehead atoms. The zero-order valence-electron chi connectivity index (χ0n) is 10.3. The van der Waals surface area contributed by atoms with Gasteiger partial charge in [0, 0.05) is 30.7 Å². The molecule has 0 saturated heterocycles. The Hall–Kier alpha value is -2.43. The molecular formula is C14H13FN4. The van der Waals surface area contributed by atoms with Gasteiger partial charge in [-0.15, -0.1) is 0 Å². The van der Waals surface area contributed by atoms with Crippen molar-refractivity contribution in [1.29, 1.82) is 0 Å². The topological polar surface area (TPSA) is 42.2 Å².